The quantitative estimate of drug-likeness (QED) is 0.917. The van der Waals surface area contributed by atoms with E-state index in [1.54, 1.807) is 4.90 Å². The van der Waals surface area contributed by atoms with E-state index in [1.807, 2.05) is 31.2 Å². The number of nitrogens with zero attached hydrogens (tertiary/aromatic N) is 1. The maximum Gasteiger partial charge on any atom is 0.227 e. The van der Waals surface area contributed by atoms with Crippen LogP contribution in [0.25, 0.3) is 0 Å². The molecule has 1 heterocycles. The molecule has 1 saturated heterocycles. The second-order valence-electron chi connectivity index (χ2n) is 5.38. The molecule has 5 heteroatoms. The fourth-order valence-electron chi connectivity index (χ4n) is 2.61. The third-order valence-corrected chi connectivity index (χ3v) is 4.34. The van der Waals surface area contributed by atoms with Gasteiger partial charge in [0.05, 0.1) is 12.3 Å². The summed E-state index contributed by atoms with van der Waals surface area (Å²) in [5, 5.41) is 0. The highest BCUT2D eigenvalue weighted by atomic mass is 79.9. The molecule has 108 valence electrons. The van der Waals surface area contributed by atoms with Crippen LogP contribution >= 0.6 is 15.9 Å². The number of amides is 2. The molecular formula is C15H19BrN2O2. The van der Waals surface area contributed by atoms with Crippen LogP contribution < -0.4 is 5.73 Å². The van der Waals surface area contributed by atoms with Crippen molar-refractivity contribution in [3.05, 3.63) is 34.3 Å². The molecule has 1 aromatic rings. The first-order valence-electron chi connectivity index (χ1n) is 6.80. The van der Waals surface area contributed by atoms with Gasteiger partial charge >= 0.3 is 0 Å². The average Bonchev–Trinajstić information content (AvgIpc) is 2.38. The Hall–Kier alpha value is -1.36. The van der Waals surface area contributed by atoms with Crippen molar-refractivity contribution in [2.75, 3.05) is 6.54 Å². The van der Waals surface area contributed by atoms with E-state index in [2.05, 4.69) is 15.9 Å². The van der Waals surface area contributed by atoms with Gasteiger partial charge in [-0.1, -0.05) is 28.1 Å². The van der Waals surface area contributed by atoms with Crippen LogP contribution in [0, 0.1) is 5.92 Å². The van der Waals surface area contributed by atoms with Crippen molar-refractivity contribution in [2.45, 2.75) is 32.2 Å². The molecule has 1 aliphatic rings. The largest absolute Gasteiger partial charge is 0.369 e. The summed E-state index contributed by atoms with van der Waals surface area (Å²) < 4.78 is 0.963. The molecular weight excluding hydrogens is 320 g/mol. The standard InChI is InChI=1S/C15H19BrN2O2/c1-10-5-6-12(15(17)20)9-18(10)14(19)8-11-3-2-4-13(16)7-11/h2-4,7,10,12H,5-6,8-9H2,1H3,(H2,17,20)/t10-,12-/m0/s1. The molecule has 1 aliphatic heterocycles. The van der Waals surface area contributed by atoms with Crippen LogP contribution in [0.4, 0.5) is 0 Å². The molecule has 2 amide bonds. The van der Waals surface area contributed by atoms with E-state index in [0.717, 1.165) is 22.9 Å². The van der Waals surface area contributed by atoms with Crippen molar-refractivity contribution in [3.8, 4) is 0 Å². The summed E-state index contributed by atoms with van der Waals surface area (Å²) in [5.41, 5.74) is 6.33. The fraction of sp³-hybridized carbons (Fsp3) is 0.467. The molecule has 0 saturated carbocycles. The number of nitrogens with two attached hydrogens (primary N) is 1. The van der Waals surface area contributed by atoms with Crippen LogP contribution in [0.15, 0.2) is 28.7 Å². The molecule has 0 aromatic heterocycles. The minimum absolute atomic E-state index is 0.0570. The number of likely N-dealkylation sites (tertiary alicyclic amines) is 1. The zero-order valence-electron chi connectivity index (χ0n) is 11.5. The summed E-state index contributed by atoms with van der Waals surface area (Å²) in [4.78, 5) is 25.5. The molecule has 0 aliphatic carbocycles. The number of piperidine rings is 1. The number of carbonyl (C=O) groups excluding carboxylic acids is 2. The summed E-state index contributed by atoms with van der Waals surface area (Å²) >= 11 is 3.40. The number of benzene rings is 1. The summed E-state index contributed by atoms with van der Waals surface area (Å²) in [7, 11) is 0. The van der Waals surface area contributed by atoms with Crippen LogP contribution in [-0.4, -0.2) is 29.3 Å². The van der Waals surface area contributed by atoms with Crippen molar-refractivity contribution in [1.29, 1.82) is 0 Å². The lowest BCUT2D eigenvalue weighted by atomic mass is 9.92. The van der Waals surface area contributed by atoms with Crippen LogP contribution in [0.1, 0.15) is 25.3 Å². The summed E-state index contributed by atoms with van der Waals surface area (Å²) in [6, 6.07) is 7.89. The Morgan fingerprint density at radius 2 is 2.15 bits per heavy atom. The van der Waals surface area contributed by atoms with Crippen LogP contribution in [0.5, 0.6) is 0 Å². The lowest BCUT2D eigenvalue weighted by Gasteiger charge is -2.37. The van der Waals surface area contributed by atoms with Gasteiger partial charge in [-0.05, 0) is 37.5 Å². The van der Waals surface area contributed by atoms with E-state index < -0.39 is 0 Å². The highest BCUT2D eigenvalue weighted by Crippen LogP contribution is 2.23. The fourth-order valence-corrected chi connectivity index (χ4v) is 3.06. The number of halogens is 1. The van der Waals surface area contributed by atoms with E-state index >= 15 is 0 Å². The normalized spacial score (nSPS) is 22.6. The van der Waals surface area contributed by atoms with Gasteiger partial charge in [0.25, 0.3) is 0 Å². The summed E-state index contributed by atoms with van der Waals surface area (Å²) in [5.74, 6) is -0.462. The van der Waals surface area contributed by atoms with E-state index in [4.69, 9.17) is 5.73 Å². The molecule has 0 bridgehead atoms. The van der Waals surface area contributed by atoms with Gasteiger partial charge in [-0.2, -0.15) is 0 Å². The number of primary amides is 1. The predicted molar refractivity (Wildman–Crippen MR) is 80.9 cm³/mol. The highest BCUT2D eigenvalue weighted by Gasteiger charge is 2.31. The summed E-state index contributed by atoms with van der Waals surface area (Å²) in [6.45, 7) is 2.47. The second kappa shape index (κ2) is 6.39. The van der Waals surface area contributed by atoms with Gasteiger partial charge in [0, 0.05) is 17.1 Å². The lowest BCUT2D eigenvalue weighted by molar-refractivity contribution is -0.136. The van der Waals surface area contributed by atoms with Gasteiger partial charge in [0.1, 0.15) is 0 Å². The molecule has 2 rings (SSSR count). The topological polar surface area (TPSA) is 63.4 Å². The van der Waals surface area contributed by atoms with Gasteiger partial charge in [0.2, 0.25) is 11.8 Å². The Kier molecular flexibility index (Phi) is 4.81. The molecule has 2 atom stereocenters. The Morgan fingerprint density at radius 3 is 2.80 bits per heavy atom. The maximum absolute atomic E-state index is 12.4. The Balaban J connectivity index is 2.05. The minimum Gasteiger partial charge on any atom is -0.369 e. The molecule has 0 radical (unpaired) electrons. The third-order valence-electron chi connectivity index (χ3n) is 3.85. The lowest BCUT2D eigenvalue weighted by Crippen LogP contribution is -2.49. The van der Waals surface area contributed by atoms with Gasteiger partial charge in [-0.3, -0.25) is 9.59 Å². The Labute approximate surface area is 127 Å². The van der Waals surface area contributed by atoms with Crippen molar-refractivity contribution >= 4 is 27.7 Å². The highest BCUT2D eigenvalue weighted by molar-refractivity contribution is 9.10. The zero-order chi connectivity index (χ0) is 14.7. The van der Waals surface area contributed by atoms with Crippen molar-refractivity contribution in [2.24, 2.45) is 11.7 Å². The summed E-state index contributed by atoms with van der Waals surface area (Å²) in [6.07, 6.45) is 1.96. The van der Waals surface area contributed by atoms with E-state index in [-0.39, 0.29) is 23.8 Å². The molecule has 4 nitrogen and oxygen atoms in total. The second-order valence-corrected chi connectivity index (χ2v) is 6.29. The van der Waals surface area contributed by atoms with Crippen LogP contribution in [-0.2, 0) is 16.0 Å². The first-order valence-corrected chi connectivity index (χ1v) is 7.60. The number of rotatable bonds is 3. The third kappa shape index (κ3) is 3.60. The molecule has 2 N–H and O–H groups in total. The number of carbonyl (C=O) groups is 2. The van der Waals surface area contributed by atoms with Crippen molar-refractivity contribution < 1.29 is 9.59 Å². The zero-order valence-corrected chi connectivity index (χ0v) is 13.1. The molecule has 20 heavy (non-hydrogen) atoms. The first kappa shape index (κ1) is 15.0. The Morgan fingerprint density at radius 1 is 1.40 bits per heavy atom. The van der Waals surface area contributed by atoms with E-state index in [1.165, 1.54) is 0 Å². The molecule has 1 aromatic carbocycles. The van der Waals surface area contributed by atoms with Crippen LogP contribution in [0.2, 0.25) is 0 Å². The predicted octanol–water partition coefficient (Wildman–Crippen LogP) is 2.10. The van der Waals surface area contributed by atoms with Gasteiger partial charge in [0.15, 0.2) is 0 Å². The SMILES string of the molecule is C[C@H]1CC[C@H](C(N)=O)CN1C(=O)Cc1cccc(Br)c1. The van der Waals surface area contributed by atoms with Crippen LogP contribution in [0.3, 0.4) is 0 Å². The average molecular weight is 339 g/mol. The Bertz CT molecular complexity index is 518. The first-order chi connectivity index (χ1) is 9.47. The molecule has 0 spiro atoms. The molecule has 1 fully saturated rings. The minimum atomic E-state index is -0.308. The van der Waals surface area contributed by atoms with Crippen molar-refractivity contribution in [3.63, 3.8) is 0 Å². The number of hydrogen-bond donors (Lipinski definition) is 1. The van der Waals surface area contributed by atoms with Gasteiger partial charge in [-0.15, -0.1) is 0 Å². The maximum atomic E-state index is 12.4. The van der Waals surface area contributed by atoms with E-state index in [9.17, 15) is 9.59 Å². The number of hydrogen-bond acceptors (Lipinski definition) is 2. The monoisotopic (exact) mass is 338 g/mol. The van der Waals surface area contributed by atoms with Crippen molar-refractivity contribution in [1.82, 2.24) is 4.90 Å². The van der Waals surface area contributed by atoms with Gasteiger partial charge in [-0.25, -0.2) is 0 Å². The van der Waals surface area contributed by atoms with Gasteiger partial charge < -0.3 is 10.6 Å². The van der Waals surface area contributed by atoms with E-state index in [0.29, 0.717) is 13.0 Å². The smallest absolute Gasteiger partial charge is 0.227 e. The molecule has 0 unspecified atom stereocenters.